The van der Waals surface area contributed by atoms with Gasteiger partial charge >= 0.3 is 0 Å². The van der Waals surface area contributed by atoms with Crippen LogP contribution in [-0.4, -0.2) is 35.0 Å². The molecule has 1 atom stereocenters. The third-order valence-electron chi connectivity index (χ3n) is 2.78. The molecule has 0 saturated heterocycles. The van der Waals surface area contributed by atoms with Gasteiger partial charge in [0.15, 0.2) is 0 Å². The molecule has 0 bridgehead atoms. The topological polar surface area (TPSA) is 66.9 Å². The molecule has 0 radical (unpaired) electrons. The highest BCUT2D eigenvalue weighted by atomic mass is 35.5. The zero-order valence-corrected chi connectivity index (χ0v) is 14.9. The summed E-state index contributed by atoms with van der Waals surface area (Å²) in [5.41, 5.74) is 0.977. The van der Waals surface area contributed by atoms with Crippen molar-refractivity contribution in [1.82, 2.24) is 20.6 Å². The van der Waals surface area contributed by atoms with E-state index in [2.05, 4.69) is 20.6 Å². The Balaban J connectivity index is 0.00000220. The molecule has 8 heteroatoms. The van der Waals surface area contributed by atoms with Crippen LogP contribution in [0.5, 0.6) is 0 Å². The van der Waals surface area contributed by atoms with Crippen molar-refractivity contribution in [3.05, 3.63) is 35.6 Å². The largest absolute Gasteiger partial charge is 0.350 e. The second kappa shape index (κ2) is 10.5. The number of pyridine rings is 1. The third kappa shape index (κ3) is 5.88. The third-order valence-corrected chi connectivity index (χ3v) is 3.82. The highest BCUT2D eigenvalue weighted by molar-refractivity contribution is 7.16. The summed E-state index contributed by atoms with van der Waals surface area (Å²) < 4.78 is 0. The van der Waals surface area contributed by atoms with E-state index in [1.165, 1.54) is 11.3 Å². The number of likely N-dealkylation sites (N-methyl/N-ethyl adjacent to an activating group) is 1. The van der Waals surface area contributed by atoms with Gasteiger partial charge in [-0.25, -0.2) is 4.98 Å². The molecule has 0 aliphatic rings. The Bertz CT molecular complexity index is 565. The number of carbonyl (C=O) groups is 1. The van der Waals surface area contributed by atoms with Crippen LogP contribution < -0.4 is 10.6 Å². The van der Waals surface area contributed by atoms with Gasteiger partial charge < -0.3 is 10.6 Å². The fourth-order valence-corrected chi connectivity index (χ4v) is 2.60. The van der Waals surface area contributed by atoms with E-state index in [9.17, 15) is 4.79 Å². The van der Waals surface area contributed by atoms with Crippen molar-refractivity contribution in [1.29, 1.82) is 0 Å². The first-order valence-corrected chi connectivity index (χ1v) is 7.40. The first-order chi connectivity index (χ1) is 9.70. The normalized spacial score (nSPS) is 11.0. The van der Waals surface area contributed by atoms with Crippen molar-refractivity contribution in [2.24, 2.45) is 0 Å². The molecule has 2 heterocycles. The smallest absolute Gasteiger partial charge is 0.263 e. The number of hydrogen-bond acceptors (Lipinski definition) is 5. The summed E-state index contributed by atoms with van der Waals surface area (Å²) in [5, 5.41) is 6.99. The fourth-order valence-electron chi connectivity index (χ4n) is 1.76. The number of thiazole rings is 1. The Hall–Kier alpha value is -1.21. The summed E-state index contributed by atoms with van der Waals surface area (Å²) in [7, 11) is 0. The van der Waals surface area contributed by atoms with Gasteiger partial charge in [-0.1, -0.05) is 6.92 Å². The van der Waals surface area contributed by atoms with Crippen molar-refractivity contribution in [2.45, 2.75) is 19.9 Å². The van der Waals surface area contributed by atoms with E-state index in [-0.39, 0.29) is 36.8 Å². The van der Waals surface area contributed by atoms with Gasteiger partial charge in [-0.2, -0.15) is 0 Å². The van der Waals surface area contributed by atoms with E-state index in [0.29, 0.717) is 11.4 Å². The van der Waals surface area contributed by atoms with Gasteiger partial charge in [0.1, 0.15) is 9.88 Å². The lowest BCUT2D eigenvalue weighted by atomic mass is 10.3. The minimum Gasteiger partial charge on any atom is -0.350 e. The van der Waals surface area contributed by atoms with Crippen molar-refractivity contribution in [3.63, 3.8) is 0 Å². The number of aromatic nitrogens is 2. The van der Waals surface area contributed by atoms with Gasteiger partial charge in [-0.05, 0) is 25.6 Å². The van der Waals surface area contributed by atoms with Gasteiger partial charge in [0.05, 0.1) is 6.20 Å². The molecule has 22 heavy (non-hydrogen) atoms. The minimum atomic E-state index is -0.0763. The molecule has 2 rings (SSSR count). The first kappa shape index (κ1) is 20.8. The number of nitrogens with zero attached hydrogens (tertiary/aromatic N) is 2. The van der Waals surface area contributed by atoms with Crippen LogP contribution >= 0.6 is 36.2 Å². The van der Waals surface area contributed by atoms with Crippen LogP contribution in [0.25, 0.3) is 10.6 Å². The van der Waals surface area contributed by atoms with Crippen LogP contribution in [0.2, 0.25) is 0 Å². The van der Waals surface area contributed by atoms with E-state index < -0.39 is 0 Å². The molecule has 1 amide bonds. The molecule has 2 aromatic heterocycles. The van der Waals surface area contributed by atoms with Gasteiger partial charge in [0.2, 0.25) is 0 Å². The maximum atomic E-state index is 12.0. The molecule has 0 aliphatic carbocycles. The van der Waals surface area contributed by atoms with Crippen LogP contribution in [0.4, 0.5) is 0 Å². The maximum Gasteiger partial charge on any atom is 0.263 e. The molecule has 0 saturated carbocycles. The summed E-state index contributed by atoms with van der Waals surface area (Å²) in [6.45, 7) is 5.58. The van der Waals surface area contributed by atoms with Crippen LogP contribution in [0, 0.1) is 0 Å². The minimum absolute atomic E-state index is 0. The zero-order valence-electron chi connectivity index (χ0n) is 12.4. The predicted molar refractivity (Wildman–Crippen MR) is 95.3 cm³/mol. The quantitative estimate of drug-likeness (QED) is 0.828. The molecular weight excluding hydrogens is 343 g/mol. The highest BCUT2D eigenvalue weighted by Crippen LogP contribution is 2.24. The summed E-state index contributed by atoms with van der Waals surface area (Å²) in [4.78, 5) is 20.9. The molecule has 0 unspecified atom stereocenters. The zero-order chi connectivity index (χ0) is 14.4. The average Bonchev–Trinajstić information content (AvgIpc) is 2.96. The molecular formula is C14H20Cl2N4OS. The Morgan fingerprint density at radius 3 is 2.64 bits per heavy atom. The monoisotopic (exact) mass is 362 g/mol. The number of halogens is 2. The van der Waals surface area contributed by atoms with Crippen molar-refractivity contribution in [3.8, 4) is 10.6 Å². The second-order valence-corrected chi connectivity index (χ2v) is 5.46. The van der Waals surface area contributed by atoms with Gasteiger partial charge in [0, 0.05) is 30.5 Å². The van der Waals surface area contributed by atoms with Crippen LogP contribution in [-0.2, 0) is 0 Å². The Kier molecular flexibility index (Phi) is 9.93. The fraction of sp³-hybridized carbons (Fsp3) is 0.357. The lowest BCUT2D eigenvalue weighted by Crippen LogP contribution is -2.38. The molecule has 0 spiro atoms. The number of amides is 1. The summed E-state index contributed by atoms with van der Waals surface area (Å²) in [6, 6.07) is 4.03. The Morgan fingerprint density at radius 2 is 2.00 bits per heavy atom. The first-order valence-electron chi connectivity index (χ1n) is 6.58. The summed E-state index contributed by atoms with van der Waals surface area (Å²) >= 11 is 1.39. The molecule has 0 aliphatic heterocycles. The molecule has 122 valence electrons. The SMILES string of the molecule is CCN[C@H](C)CNC(=O)c1cnc(-c2ccncc2)s1.Cl.Cl. The number of nitrogens with one attached hydrogen (secondary N) is 2. The predicted octanol–water partition coefficient (Wildman–Crippen LogP) is 2.78. The summed E-state index contributed by atoms with van der Waals surface area (Å²) in [6.07, 6.45) is 5.05. The van der Waals surface area contributed by atoms with Crippen molar-refractivity contribution < 1.29 is 4.79 Å². The Labute approximate surface area is 146 Å². The van der Waals surface area contributed by atoms with Crippen LogP contribution in [0.15, 0.2) is 30.7 Å². The average molecular weight is 363 g/mol. The highest BCUT2D eigenvalue weighted by Gasteiger charge is 2.12. The molecule has 0 aromatic carbocycles. The molecule has 2 N–H and O–H groups in total. The number of carbonyl (C=O) groups excluding carboxylic acids is 1. The van der Waals surface area contributed by atoms with E-state index in [1.54, 1.807) is 18.6 Å². The van der Waals surface area contributed by atoms with E-state index in [0.717, 1.165) is 17.1 Å². The Morgan fingerprint density at radius 1 is 1.32 bits per heavy atom. The molecule has 2 aromatic rings. The van der Waals surface area contributed by atoms with Gasteiger partial charge in [0.25, 0.3) is 5.91 Å². The summed E-state index contributed by atoms with van der Waals surface area (Å²) in [5.74, 6) is -0.0763. The molecule has 5 nitrogen and oxygen atoms in total. The van der Waals surface area contributed by atoms with Crippen molar-refractivity contribution >= 4 is 42.1 Å². The lowest BCUT2D eigenvalue weighted by Gasteiger charge is -2.12. The van der Waals surface area contributed by atoms with Gasteiger partial charge in [-0.15, -0.1) is 36.2 Å². The maximum absolute atomic E-state index is 12.0. The van der Waals surface area contributed by atoms with Crippen LogP contribution in [0.1, 0.15) is 23.5 Å². The van der Waals surface area contributed by atoms with E-state index >= 15 is 0 Å². The van der Waals surface area contributed by atoms with Crippen molar-refractivity contribution in [2.75, 3.05) is 13.1 Å². The molecule has 0 fully saturated rings. The van der Waals surface area contributed by atoms with Gasteiger partial charge in [-0.3, -0.25) is 9.78 Å². The number of rotatable bonds is 6. The standard InChI is InChI=1S/C14H18N4OS.2ClH/c1-3-16-10(2)8-17-13(19)12-9-18-14(20-12)11-4-6-15-7-5-11;;/h4-7,9-10,16H,3,8H2,1-2H3,(H,17,19);2*1H/t10-;;/m1../s1. The van der Waals surface area contributed by atoms with E-state index in [1.807, 2.05) is 26.0 Å². The van der Waals surface area contributed by atoms with Crippen LogP contribution in [0.3, 0.4) is 0 Å². The van der Waals surface area contributed by atoms with E-state index in [4.69, 9.17) is 0 Å². The lowest BCUT2D eigenvalue weighted by molar-refractivity contribution is 0.0954. The second-order valence-electron chi connectivity index (χ2n) is 4.43. The number of hydrogen-bond donors (Lipinski definition) is 2.